The van der Waals surface area contributed by atoms with Crippen molar-refractivity contribution in [3.63, 3.8) is 0 Å². The summed E-state index contributed by atoms with van der Waals surface area (Å²) in [7, 11) is 0. The number of carbonyl (C=O) groups is 1. The van der Waals surface area contributed by atoms with Crippen molar-refractivity contribution in [3.05, 3.63) is 56.7 Å². The van der Waals surface area contributed by atoms with E-state index in [1.807, 2.05) is 0 Å². The van der Waals surface area contributed by atoms with E-state index in [0.29, 0.717) is 10.0 Å². The van der Waals surface area contributed by atoms with E-state index in [0.717, 1.165) is 0 Å². The number of aromatic carboxylic acids is 1. The minimum absolute atomic E-state index is 0.00868. The van der Waals surface area contributed by atoms with Crippen LogP contribution in [0.15, 0.2) is 40.0 Å². The van der Waals surface area contributed by atoms with Gasteiger partial charge in [-0.2, -0.15) is 0 Å². The lowest BCUT2D eigenvalue weighted by Crippen LogP contribution is -2.22. The van der Waals surface area contributed by atoms with Gasteiger partial charge in [-0.1, -0.05) is 12.1 Å². The molecular formula is C12H10BrN3O3. The first-order valence-corrected chi connectivity index (χ1v) is 6.10. The molecule has 0 fully saturated rings. The second-order valence-corrected chi connectivity index (χ2v) is 4.72. The van der Waals surface area contributed by atoms with E-state index in [1.165, 1.54) is 23.2 Å². The Labute approximate surface area is 116 Å². The van der Waals surface area contributed by atoms with E-state index in [1.54, 1.807) is 12.1 Å². The maximum Gasteiger partial charge on any atom is 0.338 e. The lowest BCUT2D eigenvalue weighted by atomic mass is 10.1. The molecule has 6 nitrogen and oxygen atoms in total. The third-order valence-corrected chi connectivity index (χ3v) is 3.14. The van der Waals surface area contributed by atoms with Crippen molar-refractivity contribution in [2.45, 2.75) is 6.54 Å². The van der Waals surface area contributed by atoms with E-state index in [4.69, 9.17) is 10.8 Å². The summed E-state index contributed by atoms with van der Waals surface area (Å²) in [6.07, 6.45) is 2.73. The third kappa shape index (κ3) is 2.65. The maximum absolute atomic E-state index is 11.8. The van der Waals surface area contributed by atoms with Crippen molar-refractivity contribution in [1.82, 2.24) is 9.55 Å². The zero-order valence-corrected chi connectivity index (χ0v) is 11.3. The Kier molecular flexibility index (Phi) is 3.66. The topological polar surface area (TPSA) is 98.2 Å². The van der Waals surface area contributed by atoms with E-state index in [-0.39, 0.29) is 23.4 Å². The maximum atomic E-state index is 11.8. The van der Waals surface area contributed by atoms with Crippen molar-refractivity contribution in [3.8, 4) is 0 Å². The van der Waals surface area contributed by atoms with Gasteiger partial charge in [0.15, 0.2) is 0 Å². The molecule has 2 aromatic rings. The molecule has 1 aromatic carbocycles. The van der Waals surface area contributed by atoms with Gasteiger partial charge in [-0.3, -0.25) is 9.36 Å². The van der Waals surface area contributed by atoms with Crippen molar-refractivity contribution in [2.24, 2.45) is 0 Å². The number of nitrogens with two attached hydrogens (primary N) is 1. The van der Waals surface area contributed by atoms with Gasteiger partial charge >= 0.3 is 5.97 Å². The van der Waals surface area contributed by atoms with Gasteiger partial charge < -0.3 is 10.8 Å². The highest BCUT2D eigenvalue weighted by Crippen LogP contribution is 2.17. The summed E-state index contributed by atoms with van der Waals surface area (Å²) in [6, 6.07) is 4.77. The largest absolute Gasteiger partial charge is 0.478 e. The molecule has 7 heteroatoms. The van der Waals surface area contributed by atoms with Crippen LogP contribution in [0.1, 0.15) is 15.9 Å². The van der Waals surface area contributed by atoms with Crippen LogP contribution in [0.2, 0.25) is 0 Å². The zero-order valence-electron chi connectivity index (χ0n) is 9.71. The lowest BCUT2D eigenvalue weighted by Gasteiger charge is -2.10. The summed E-state index contributed by atoms with van der Waals surface area (Å²) in [6.45, 7) is 0.0952. The smallest absolute Gasteiger partial charge is 0.338 e. The van der Waals surface area contributed by atoms with E-state index < -0.39 is 5.97 Å². The molecule has 0 atom stereocenters. The number of anilines is 1. The molecule has 0 radical (unpaired) electrons. The molecular weight excluding hydrogens is 314 g/mol. The van der Waals surface area contributed by atoms with Crippen LogP contribution in [0.25, 0.3) is 0 Å². The molecule has 0 unspecified atom stereocenters. The number of nitrogens with zero attached hydrogens (tertiary/aromatic N) is 2. The van der Waals surface area contributed by atoms with Gasteiger partial charge in [0.2, 0.25) is 0 Å². The number of halogens is 1. The Morgan fingerprint density at radius 3 is 2.89 bits per heavy atom. The van der Waals surface area contributed by atoms with E-state index >= 15 is 0 Å². The zero-order chi connectivity index (χ0) is 14.0. The van der Waals surface area contributed by atoms with Gasteiger partial charge in [-0.15, -0.1) is 0 Å². The average molecular weight is 324 g/mol. The molecule has 0 aliphatic heterocycles. The van der Waals surface area contributed by atoms with E-state index in [9.17, 15) is 9.59 Å². The van der Waals surface area contributed by atoms with Gasteiger partial charge in [0.05, 0.1) is 18.4 Å². The molecule has 0 aliphatic carbocycles. The van der Waals surface area contributed by atoms with Gasteiger partial charge in [0.25, 0.3) is 5.56 Å². The van der Waals surface area contributed by atoms with Crippen LogP contribution < -0.4 is 11.3 Å². The Morgan fingerprint density at radius 1 is 1.47 bits per heavy atom. The lowest BCUT2D eigenvalue weighted by molar-refractivity contribution is 0.0696. The van der Waals surface area contributed by atoms with E-state index in [2.05, 4.69) is 20.9 Å². The average Bonchev–Trinajstić information content (AvgIpc) is 2.34. The Balaban J connectivity index is 2.50. The van der Waals surface area contributed by atoms with Crippen molar-refractivity contribution < 1.29 is 9.90 Å². The Morgan fingerprint density at radius 2 is 2.21 bits per heavy atom. The quantitative estimate of drug-likeness (QED) is 0.830. The number of carboxylic acid groups (broad SMARTS) is 1. The molecule has 0 saturated heterocycles. The number of hydrogen-bond acceptors (Lipinski definition) is 4. The molecule has 0 spiro atoms. The number of aromatic nitrogens is 2. The summed E-state index contributed by atoms with van der Waals surface area (Å²) in [5, 5.41) is 9.16. The van der Waals surface area contributed by atoms with Crippen LogP contribution in [-0.4, -0.2) is 20.6 Å². The standard InChI is InChI=1S/C12H10BrN3O3/c13-8-4-15-6-16(11(8)17)5-7-2-1-3-9(14)10(7)12(18)19/h1-4,6H,5,14H2,(H,18,19). The molecule has 1 heterocycles. The monoisotopic (exact) mass is 323 g/mol. The van der Waals surface area contributed by atoms with Crippen LogP contribution in [-0.2, 0) is 6.54 Å². The molecule has 3 N–H and O–H groups in total. The number of hydrogen-bond donors (Lipinski definition) is 2. The van der Waals surface area contributed by atoms with Crippen molar-refractivity contribution in [2.75, 3.05) is 5.73 Å². The first-order chi connectivity index (χ1) is 9.00. The fourth-order valence-corrected chi connectivity index (χ4v) is 2.08. The fraction of sp³-hybridized carbons (Fsp3) is 0.0833. The highest BCUT2D eigenvalue weighted by Gasteiger charge is 2.14. The summed E-state index contributed by atoms with van der Waals surface area (Å²) in [4.78, 5) is 26.9. The normalized spacial score (nSPS) is 10.4. The Bertz CT molecular complexity index is 697. The number of benzene rings is 1. The van der Waals surface area contributed by atoms with Gasteiger partial charge in [0.1, 0.15) is 4.47 Å². The molecule has 1 aromatic heterocycles. The van der Waals surface area contributed by atoms with Crippen LogP contribution in [0.3, 0.4) is 0 Å². The first-order valence-electron chi connectivity index (χ1n) is 5.31. The summed E-state index contributed by atoms with van der Waals surface area (Å²) < 4.78 is 1.63. The number of carboxylic acids is 1. The second-order valence-electron chi connectivity index (χ2n) is 3.86. The highest BCUT2D eigenvalue weighted by molar-refractivity contribution is 9.10. The predicted octanol–water partition coefficient (Wildman–Crippen LogP) is 1.33. The van der Waals surface area contributed by atoms with Crippen LogP contribution >= 0.6 is 15.9 Å². The van der Waals surface area contributed by atoms with Gasteiger partial charge in [-0.05, 0) is 27.6 Å². The second kappa shape index (κ2) is 5.23. The third-order valence-electron chi connectivity index (χ3n) is 2.60. The van der Waals surface area contributed by atoms with Crippen molar-refractivity contribution in [1.29, 1.82) is 0 Å². The molecule has 19 heavy (non-hydrogen) atoms. The summed E-state index contributed by atoms with van der Waals surface area (Å²) in [5.41, 5.74) is 6.00. The highest BCUT2D eigenvalue weighted by atomic mass is 79.9. The fourth-order valence-electron chi connectivity index (χ4n) is 1.73. The first kappa shape index (κ1) is 13.3. The summed E-state index contributed by atoms with van der Waals surface area (Å²) in [5.74, 6) is -1.12. The molecule has 98 valence electrons. The number of nitrogen functional groups attached to an aromatic ring is 1. The molecule has 0 saturated carbocycles. The molecule has 0 bridgehead atoms. The Hall–Kier alpha value is -2.15. The SMILES string of the molecule is Nc1cccc(Cn2cncc(Br)c2=O)c1C(=O)O. The van der Waals surface area contributed by atoms with Crippen molar-refractivity contribution >= 4 is 27.6 Å². The minimum Gasteiger partial charge on any atom is -0.478 e. The van der Waals surface area contributed by atoms with Crippen LogP contribution in [0.4, 0.5) is 5.69 Å². The minimum atomic E-state index is -1.12. The molecule has 0 amide bonds. The molecule has 2 rings (SSSR count). The van der Waals surface area contributed by atoms with Gasteiger partial charge in [0, 0.05) is 11.9 Å². The molecule has 0 aliphatic rings. The summed E-state index contributed by atoms with van der Waals surface area (Å²) >= 11 is 3.08. The van der Waals surface area contributed by atoms with Crippen LogP contribution in [0, 0.1) is 0 Å². The van der Waals surface area contributed by atoms with Crippen LogP contribution in [0.5, 0.6) is 0 Å². The number of rotatable bonds is 3. The predicted molar refractivity (Wildman–Crippen MR) is 73.1 cm³/mol. The van der Waals surface area contributed by atoms with Gasteiger partial charge in [-0.25, -0.2) is 9.78 Å².